The van der Waals surface area contributed by atoms with E-state index in [9.17, 15) is 49.5 Å². The molecule has 242 valence electrons. The predicted molar refractivity (Wildman–Crippen MR) is 134 cm³/mol. The molecule has 0 amide bonds. The zero-order chi connectivity index (χ0) is 33.2. The van der Waals surface area contributed by atoms with Crippen LogP contribution in [0.3, 0.4) is 0 Å². The van der Waals surface area contributed by atoms with E-state index in [1.165, 1.54) is 20.8 Å². The van der Waals surface area contributed by atoms with Crippen molar-refractivity contribution in [3.8, 4) is 0 Å². The minimum atomic E-state index is -6.58. The molecule has 0 aliphatic rings. The molecule has 0 unspecified atom stereocenters. The van der Waals surface area contributed by atoms with Gasteiger partial charge in [0.15, 0.2) is 0 Å². The van der Waals surface area contributed by atoms with E-state index in [2.05, 4.69) is 19.7 Å². The van der Waals surface area contributed by atoms with Crippen molar-refractivity contribution in [3.05, 3.63) is 36.5 Å². The highest BCUT2D eigenvalue weighted by molar-refractivity contribution is 5.88. The molecule has 0 saturated carbocycles. The SMILES string of the molecule is C=C(C)C(=O)OCC(CCC(F)(F)C(F)(F)C(F)(F)C(F)(F)CCCCC)(COC(=O)C(=C)C)COC(=O)C(=C)CO. The zero-order valence-electron chi connectivity index (χ0n) is 23.6. The van der Waals surface area contributed by atoms with Gasteiger partial charge in [-0.15, -0.1) is 0 Å². The highest BCUT2D eigenvalue weighted by atomic mass is 19.4. The smallest absolute Gasteiger partial charge is 0.378 e. The van der Waals surface area contributed by atoms with Crippen molar-refractivity contribution in [1.82, 2.24) is 0 Å². The lowest BCUT2D eigenvalue weighted by Gasteiger charge is -2.39. The monoisotopic (exact) mass is 624 g/mol. The fourth-order valence-corrected chi connectivity index (χ4v) is 3.20. The molecule has 0 atom stereocenters. The van der Waals surface area contributed by atoms with Gasteiger partial charge in [-0.25, -0.2) is 14.4 Å². The van der Waals surface area contributed by atoms with Crippen LogP contribution >= 0.6 is 0 Å². The highest BCUT2D eigenvalue weighted by Crippen LogP contribution is 2.55. The topological polar surface area (TPSA) is 99.1 Å². The van der Waals surface area contributed by atoms with E-state index in [1.807, 2.05) is 0 Å². The van der Waals surface area contributed by atoms with Crippen molar-refractivity contribution in [2.24, 2.45) is 5.41 Å². The van der Waals surface area contributed by atoms with Gasteiger partial charge in [0.05, 0.1) is 17.6 Å². The van der Waals surface area contributed by atoms with Crippen LogP contribution in [-0.2, 0) is 28.6 Å². The molecule has 42 heavy (non-hydrogen) atoms. The molecular weight excluding hydrogens is 588 g/mol. The van der Waals surface area contributed by atoms with Crippen LogP contribution in [0, 0.1) is 5.41 Å². The molecule has 0 radical (unpaired) electrons. The van der Waals surface area contributed by atoms with Gasteiger partial charge in [0.1, 0.15) is 19.8 Å². The van der Waals surface area contributed by atoms with Crippen LogP contribution in [0.2, 0.25) is 0 Å². The quantitative estimate of drug-likeness (QED) is 0.0566. The molecule has 0 heterocycles. The second-order valence-corrected chi connectivity index (χ2v) is 10.1. The number of unbranched alkanes of at least 4 members (excludes halogenated alkanes) is 2. The van der Waals surface area contributed by atoms with Gasteiger partial charge >= 0.3 is 41.6 Å². The van der Waals surface area contributed by atoms with E-state index in [-0.39, 0.29) is 24.0 Å². The second-order valence-electron chi connectivity index (χ2n) is 10.1. The Kier molecular flexibility index (Phi) is 14.4. The summed E-state index contributed by atoms with van der Waals surface area (Å²) in [6.07, 6.45) is -5.81. The Hall–Kier alpha value is -2.97. The number of esters is 3. The van der Waals surface area contributed by atoms with Crippen LogP contribution in [0.1, 0.15) is 59.3 Å². The van der Waals surface area contributed by atoms with E-state index in [0.29, 0.717) is 0 Å². The van der Waals surface area contributed by atoms with Crippen molar-refractivity contribution < 1.29 is 68.8 Å². The number of alkyl halides is 8. The third kappa shape index (κ3) is 10.1. The molecule has 0 aromatic rings. The maximum absolute atomic E-state index is 14.8. The number of ether oxygens (including phenoxy) is 3. The predicted octanol–water partition coefficient (Wildman–Crippen LogP) is 6.20. The third-order valence-electron chi connectivity index (χ3n) is 6.08. The van der Waals surface area contributed by atoms with E-state index < -0.39 is 105 Å². The molecular formula is C27H36F8O7. The first kappa shape index (κ1) is 39.0. The van der Waals surface area contributed by atoms with Crippen LogP contribution in [0.25, 0.3) is 0 Å². The molecule has 0 fully saturated rings. The molecule has 0 bridgehead atoms. The van der Waals surface area contributed by atoms with Crippen molar-refractivity contribution in [2.75, 3.05) is 26.4 Å². The number of carbonyl (C=O) groups is 3. The Morgan fingerprint density at radius 3 is 1.38 bits per heavy atom. The third-order valence-corrected chi connectivity index (χ3v) is 6.08. The van der Waals surface area contributed by atoms with Gasteiger partial charge in [-0.3, -0.25) is 0 Å². The van der Waals surface area contributed by atoms with Crippen molar-refractivity contribution >= 4 is 17.9 Å². The van der Waals surface area contributed by atoms with Gasteiger partial charge in [-0.1, -0.05) is 39.5 Å². The summed E-state index contributed by atoms with van der Waals surface area (Å²) in [5, 5.41) is 9.05. The number of halogens is 8. The van der Waals surface area contributed by atoms with Gasteiger partial charge in [-0.2, -0.15) is 35.1 Å². The van der Waals surface area contributed by atoms with Crippen LogP contribution in [-0.4, -0.2) is 73.1 Å². The number of hydrogen-bond acceptors (Lipinski definition) is 7. The first-order valence-corrected chi connectivity index (χ1v) is 12.7. The van der Waals surface area contributed by atoms with E-state index in [4.69, 9.17) is 19.3 Å². The first-order chi connectivity index (χ1) is 19.0. The molecule has 15 heteroatoms. The lowest BCUT2D eigenvalue weighted by molar-refractivity contribution is -0.368. The molecule has 0 aliphatic heterocycles. The van der Waals surface area contributed by atoms with Gasteiger partial charge in [0.2, 0.25) is 0 Å². The molecule has 0 saturated heterocycles. The molecule has 0 rings (SSSR count). The average molecular weight is 625 g/mol. The number of aliphatic hydroxyl groups is 1. The van der Waals surface area contributed by atoms with Crippen LogP contribution in [0.15, 0.2) is 36.5 Å². The van der Waals surface area contributed by atoms with Crippen molar-refractivity contribution in [1.29, 1.82) is 0 Å². The summed E-state index contributed by atoms with van der Waals surface area (Å²) in [7, 11) is 0. The fourth-order valence-electron chi connectivity index (χ4n) is 3.20. The summed E-state index contributed by atoms with van der Waals surface area (Å²) in [6, 6.07) is 0. The van der Waals surface area contributed by atoms with Crippen molar-refractivity contribution in [3.63, 3.8) is 0 Å². The van der Waals surface area contributed by atoms with Gasteiger partial charge in [-0.05, 0) is 26.7 Å². The lowest BCUT2D eigenvalue weighted by atomic mass is 9.82. The maximum atomic E-state index is 14.8. The summed E-state index contributed by atoms with van der Waals surface area (Å²) >= 11 is 0. The summed E-state index contributed by atoms with van der Waals surface area (Å²) in [5.74, 6) is -28.0. The Morgan fingerprint density at radius 2 is 1.02 bits per heavy atom. The van der Waals surface area contributed by atoms with Gasteiger partial charge in [0.25, 0.3) is 0 Å². The Balaban J connectivity index is 6.48. The number of hydrogen-bond donors (Lipinski definition) is 1. The van der Waals surface area contributed by atoms with E-state index >= 15 is 0 Å². The number of carbonyl (C=O) groups excluding carboxylic acids is 3. The van der Waals surface area contributed by atoms with Crippen LogP contribution in [0.4, 0.5) is 35.1 Å². The lowest BCUT2D eigenvalue weighted by Crippen LogP contribution is -2.62. The average Bonchev–Trinajstić information content (AvgIpc) is 2.90. The van der Waals surface area contributed by atoms with Crippen LogP contribution < -0.4 is 0 Å². The summed E-state index contributed by atoms with van der Waals surface area (Å²) in [5.41, 5.74) is -3.31. The molecule has 0 aromatic heterocycles. The highest BCUT2D eigenvalue weighted by Gasteiger charge is 2.79. The number of rotatable bonds is 20. The second kappa shape index (κ2) is 15.5. The molecule has 1 N–H and O–H groups in total. The first-order valence-electron chi connectivity index (χ1n) is 12.7. The summed E-state index contributed by atoms with van der Waals surface area (Å²) in [4.78, 5) is 36.0. The van der Waals surface area contributed by atoms with E-state index in [1.54, 1.807) is 0 Å². The van der Waals surface area contributed by atoms with Crippen LogP contribution in [0.5, 0.6) is 0 Å². The maximum Gasteiger partial charge on any atom is 0.378 e. The molecule has 0 aromatic carbocycles. The van der Waals surface area contributed by atoms with Gasteiger partial charge in [0, 0.05) is 24.0 Å². The van der Waals surface area contributed by atoms with Crippen molar-refractivity contribution in [2.45, 2.75) is 83.0 Å². The molecule has 7 nitrogen and oxygen atoms in total. The van der Waals surface area contributed by atoms with E-state index in [0.717, 1.165) is 0 Å². The fraction of sp³-hybridized carbons (Fsp3) is 0.667. The largest absolute Gasteiger partial charge is 0.461 e. The minimum Gasteiger partial charge on any atom is -0.461 e. The summed E-state index contributed by atoms with van der Waals surface area (Å²) in [6.45, 7) is 9.41. The molecule has 0 aliphatic carbocycles. The standard InChI is InChI=1S/C27H36F8O7/c1-7-8-9-10-24(28,29)26(32,33)27(34,35)25(30,31)12-11-23(14-40-20(37)17(2)3,15-41-21(38)18(4)5)16-42-22(39)19(6)13-36/h36H,2,4,6-16H2,1,3,5H3. The Morgan fingerprint density at radius 1 is 0.643 bits per heavy atom. The Bertz CT molecular complexity index is 978. The zero-order valence-corrected chi connectivity index (χ0v) is 23.6. The Labute approximate surface area is 238 Å². The van der Waals surface area contributed by atoms with Gasteiger partial charge < -0.3 is 19.3 Å². The summed E-state index contributed by atoms with van der Waals surface area (Å²) < 4.78 is 130. The minimum absolute atomic E-state index is 0.0383. The number of aliphatic hydroxyl groups excluding tert-OH is 1. The normalized spacial score (nSPS) is 12.9. The molecule has 0 spiro atoms.